The van der Waals surface area contributed by atoms with Gasteiger partial charge in [0.05, 0.1) is 24.6 Å². The van der Waals surface area contributed by atoms with Gasteiger partial charge in [-0.15, -0.1) is 0 Å². The Hall–Kier alpha value is -2.79. The molecule has 1 aliphatic rings. The summed E-state index contributed by atoms with van der Waals surface area (Å²) >= 11 is 6.07. The van der Waals surface area contributed by atoms with Gasteiger partial charge in [-0.2, -0.15) is 0 Å². The van der Waals surface area contributed by atoms with Gasteiger partial charge in [0, 0.05) is 11.6 Å². The van der Waals surface area contributed by atoms with Crippen LogP contribution in [-0.2, 0) is 6.54 Å². The van der Waals surface area contributed by atoms with Crippen LogP contribution in [0.3, 0.4) is 0 Å². The number of ether oxygens (including phenoxy) is 2. The molecule has 0 unspecified atom stereocenters. The Morgan fingerprint density at radius 3 is 2.85 bits per heavy atom. The van der Waals surface area contributed by atoms with Crippen molar-refractivity contribution < 1.29 is 9.47 Å². The van der Waals surface area contributed by atoms with E-state index in [1.165, 1.54) is 0 Å². The lowest BCUT2D eigenvalue weighted by Gasteiger charge is -2.10. The Kier molecular flexibility index (Phi) is 4.62. The lowest BCUT2D eigenvalue weighted by atomic mass is 10.1. The highest BCUT2D eigenvalue weighted by Crippen LogP contribution is 2.32. The summed E-state index contributed by atoms with van der Waals surface area (Å²) in [6.45, 7) is 3.14. The highest BCUT2D eigenvalue weighted by atomic mass is 35.5. The van der Waals surface area contributed by atoms with Gasteiger partial charge in [-0.05, 0) is 60.9 Å². The summed E-state index contributed by atoms with van der Waals surface area (Å²) in [5.74, 6) is 2.09. The summed E-state index contributed by atoms with van der Waals surface area (Å²) < 4.78 is 12.7. The van der Waals surface area contributed by atoms with Crippen LogP contribution < -0.4 is 15.0 Å². The van der Waals surface area contributed by atoms with Crippen LogP contribution >= 0.6 is 11.6 Å². The van der Waals surface area contributed by atoms with Crippen LogP contribution in [0.2, 0.25) is 5.02 Å². The zero-order chi connectivity index (χ0) is 19.0. The van der Waals surface area contributed by atoms with E-state index in [1.807, 2.05) is 31.2 Å². The molecule has 0 saturated heterocycles. The molecule has 5 nitrogen and oxygen atoms in total. The van der Waals surface area contributed by atoms with E-state index >= 15 is 0 Å². The SMILES string of the molecule is CCOc1ccc(/C=C2\CCn3c2nc2cc(Cl)ccc2c3=O)cc1OC. The number of nitrogens with zero attached hydrogens (tertiary/aromatic N) is 2. The van der Waals surface area contributed by atoms with Crippen molar-refractivity contribution in [2.45, 2.75) is 19.9 Å². The molecule has 0 bridgehead atoms. The molecule has 0 aliphatic carbocycles. The topological polar surface area (TPSA) is 53.4 Å². The summed E-state index contributed by atoms with van der Waals surface area (Å²) in [6, 6.07) is 11.0. The molecule has 0 spiro atoms. The molecular formula is C21H19ClN2O3. The van der Waals surface area contributed by atoms with Gasteiger partial charge in [-0.3, -0.25) is 9.36 Å². The van der Waals surface area contributed by atoms with Gasteiger partial charge in [0.2, 0.25) is 0 Å². The van der Waals surface area contributed by atoms with E-state index in [1.54, 1.807) is 29.9 Å². The van der Waals surface area contributed by atoms with Crippen LogP contribution in [0.4, 0.5) is 0 Å². The summed E-state index contributed by atoms with van der Waals surface area (Å²) in [6.07, 6.45) is 2.79. The van der Waals surface area contributed by atoms with Crippen LogP contribution in [0.1, 0.15) is 24.7 Å². The third kappa shape index (κ3) is 3.19. The molecule has 0 N–H and O–H groups in total. The van der Waals surface area contributed by atoms with Crippen molar-refractivity contribution in [3.8, 4) is 11.5 Å². The predicted molar refractivity (Wildman–Crippen MR) is 108 cm³/mol. The normalized spacial score (nSPS) is 14.6. The number of rotatable bonds is 4. The fourth-order valence-electron chi connectivity index (χ4n) is 3.38. The number of aromatic nitrogens is 2. The minimum Gasteiger partial charge on any atom is -0.493 e. The van der Waals surface area contributed by atoms with Gasteiger partial charge in [0.25, 0.3) is 5.56 Å². The number of fused-ring (bicyclic) bond motifs is 2. The Morgan fingerprint density at radius 1 is 1.22 bits per heavy atom. The highest BCUT2D eigenvalue weighted by Gasteiger charge is 2.21. The fourth-order valence-corrected chi connectivity index (χ4v) is 3.54. The quantitative estimate of drug-likeness (QED) is 0.671. The summed E-state index contributed by atoms with van der Waals surface area (Å²) in [5, 5.41) is 1.16. The number of benzene rings is 2. The molecule has 1 aliphatic heterocycles. The standard InChI is InChI=1S/C21H19ClN2O3/c1-3-27-18-7-4-13(11-19(18)26-2)10-14-8-9-24-20(14)23-17-12-15(22)5-6-16(17)21(24)25/h4-7,10-12H,3,8-9H2,1-2H3/b14-10+. The number of allylic oxidation sites excluding steroid dienone is 1. The molecule has 0 atom stereocenters. The van der Waals surface area contributed by atoms with Crippen LogP contribution in [0.25, 0.3) is 22.6 Å². The van der Waals surface area contributed by atoms with Crippen molar-refractivity contribution in [3.05, 3.63) is 63.2 Å². The number of hydrogen-bond acceptors (Lipinski definition) is 4. The van der Waals surface area contributed by atoms with Crippen LogP contribution in [0.15, 0.2) is 41.2 Å². The predicted octanol–water partition coefficient (Wildman–Crippen LogP) is 4.40. The second kappa shape index (κ2) is 7.08. The third-order valence-electron chi connectivity index (χ3n) is 4.64. The van der Waals surface area contributed by atoms with Crippen molar-refractivity contribution in [1.82, 2.24) is 9.55 Å². The lowest BCUT2D eigenvalue weighted by Crippen LogP contribution is -2.20. The molecule has 6 heteroatoms. The first-order valence-corrected chi connectivity index (χ1v) is 9.20. The molecule has 3 aromatic rings. The molecule has 27 heavy (non-hydrogen) atoms. The maximum atomic E-state index is 12.8. The number of methoxy groups -OCH3 is 1. The van der Waals surface area contributed by atoms with Gasteiger partial charge in [-0.1, -0.05) is 17.7 Å². The van der Waals surface area contributed by atoms with Crippen LogP contribution in [0.5, 0.6) is 11.5 Å². The molecule has 2 aromatic carbocycles. The second-order valence-corrected chi connectivity index (χ2v) is 6.75. The Bertz CT molecular complexity index is 1120. The van der Waals surface area contributed by atoms with Crippen LogP contribution in [-0.4, -0.2) is 23.3 Å². The first kappa shape index (κ1) is 17.6. The van der Waals surface area contributed by atoms with E-state index in [4.69, 9.17) is 26.1 Å². The zero-order valence-electron chi connectivity index (χ0n) is 15.2. The molecule has 2 heterocycles. The Morgan fingerprint density at radius 2 is 2.07 bits per heavy atom. The molecule has 0 saturated carbocycles. The minimum atomic E-state index is -0.0284. The smallest absolute Gasteiger partial charge is 0.261 e. The molecule has 0 amide bonds. The fraction of sp³-hybridized carbons (Fsp3) is 0.238. The van der Waals surface area contributed by atoms with Crippen molar-refractivity contribution in [3.63, 3.8) is 0 Å². The largest absolute Gasteiger partial charge is 0.493 e. The van der Waals surface area contributed by atoms with E-state index in [0.717, 1.165) is 17.6 Å². The van der Waals surface area contributed by atoms with E-state index in [2.05, 4.69) is 0 Å². The maximum Gasteiger partial charge on any atom is 0.261 e. The highest BCUT2D eigenvalue weighted by molar-refractivity contribution is 6.31. The average Bonchev–Trinajstić information content (AvgIpc) is 3.06. The number of halogens is 1. The summed E-state index contributed by atoms with van der Waals surface area (Å²) in [5.41, 5.74) is 2.58. The second-order valence-electron chi connectivity index (χ2n) is 6.32. The molecule has 1 aromatic heterocycles. The Labute approximate surface area is 161 Å². The van der Waals surface area contributed by atoms with E-state index in [0.29, 0.717) is 46.4 Å². The van der Waals surface area contributed by atoms with E-state index < -0.39 is 0 Å². The van der Waals surface area contributed by atoms with Crippen molar-refractivity contribution >= 4 is 34.2 Å². The zero-order valence-corrected chi connectivity index (χ0v) is 15.9. The molecule has 0 fully saturated rings. The van der Waals surface area contributed by atoms with Crippen molar-refractivity contribution in [2.75, 3.05) is 13.7 Å². The summed E-state index contributed by atoms with van der Waals surface area (Å²) in [4.78, 5) is 17.5. The third-order valence-corrected chi connectivity index (χ3v) is 4.87. The molecule has 138 valence electrons. The summed E-state index contributed by atoms with van der Waals surface area (Å²) in [7, 11) is 1.62. The maximum absolute atomic E-state index is 12.8. The Balaban J connectivity index is 1.80. The van der Waals surface area contributed by atoms with Crippen LogP contribution in [0, 0.1) is 0 Å². The van der Waals surface area contributed by atoms with Crippen molar-refractivity contribution in [2.24, 2.45) is 0 Å². The number of hydrogen-bond donors (Lipinski definition) is 0. The molecule has 4 rings (SSSR count). The van der Waals surface area contributed by atoms with Gasteiger partial charge in [-0.25, -0.2) is 4.98 Å². The van der Waals surface area contributed by atoms with Gasteiger partial charge < -0.3 is 9.47 Å². The molecule has 0 radical (unpaired) electrons. The van der Waals surface area contributed by atoms with Gasteiger partial charge >= 0.3 is 0 Å². The minimum absolute atomic E-state index is 0.0284. The van der Waals surface area contributed by atoms with Crippen molar-refractivity contribution in [1.29, 1.82) is 0 Å². The van der Waals surface area contributed by atoms with Gasteiger partial charge in [0.15, 0.2) is 11.5 Å². The monoisotopic (exact) mass is 382 g/mol. The average molecular weight is 383 g/mol. The first-order chi connectivity index (χ1) is 13.1. The molecular weight excluding hydrogens is 364 g/mol. The first-order valence-electron chi connectivity index (χ1n) is 8.82. The van der Waals surface area contributed by atoms with Gasteiger partial charge in [0.1, 0.15) is 5.82 Å². The lowest BCUT2D eigenvalue weighted by molar-refractivity contribution is 0.311. The van der Waals surface area contributed by atoms with E-state index in [-0.39, 0.29) is 5.56 Å². The van der Waals surface area contributed by atoms with E-state index in [9.17, 15) is 4.79 Å².